The van der Waals surface area contributed by atoms with Gasteiger partial charge in [-0.2, -0.15) is 0 Å². The van der Waals surface area contributed by atoms with Gasteiger partial charge in [0.25, 0.3) is 0 Å². The van der Waals surface area contributed by atoms with Crippen LogP contribution in [0.1, 0.15) is 36.1 Å². The Morgan fingerprint density at radius 1 is 1.10 bits per heavy atom. The van der Waals surface area contributed by atoms with E-state index in [4.69, 9.17) is 4.74 Å². The SMILES string of the molecule is COc1cc(NC(C)c2ccc3c(c2)CCC3)ccc1F. The minimum Gasteiger partial charge on any atom is -0.494 e. The first kappa shape index (κ1) is 13.9. The van der Waals surface area contributed by atoms with E-state index in [0.29, 0.717) is 0 Å². The Balaban J connectivity index is 1.78. The van der Waals surface area contributed by atoms with Crippen LogP contribution in [0.25, 0.3) is 0 Å². The molecule has 0 aromatic heterocycles. The average Bonchev–Trinajstić information content (AvgIpc) is 2.96. The van der Waals surface area contributed by atoms with Gasteiger partial charge in [-0.1, -0.05) is 18.2 Å². The molecule has 1 atom stereocenters. The van der Waals surface area contributed by atoms with Crippen molar-refractivity contribution in [1.29, 1.82) is 0 Å². The summed E-state index contributed by atoms with van der Waals surface area (Å²) in [6.45, 7) is 2.12. The molecule has 2 nitrogen and oxygen atoms in total. The van der Waals surface area contributed by atoms with Crippen LogP contribution >= 0.6 is 0 Å². The Morgan fingerprint density at radius 2 is 1.90 bits per heavy atom. The van der Waals surface area contributed by atoms with Crippen molar-refractivity contribution < 1.29 is 9.13 Å². The minimum atomic E-state index is -0.340. The lowest BCUT2D eigenvalue weighted by Gasteiger charge is -2.17. The molecule has 2 aromatic rings. The molecule has 0 aliphatic heterocycles. The highest BCUT2D eigenvalue weighted by atomic mass is 19.1. The predicted molar refractivity (Wildman–Crippen MR) is 83.5 cm³/mol. The van der Waals surface area contributed by atoms with Gasteiger partial charge in [0, 0.05) is 17.8 Å². The van der Waals surface area contributed by atoms with Crippen LogP contribution in [0.3, 0.4) is 0 Å². The number of methoxy groups -OCH3 is 1. The van der Waals surface area contributed by atoms with Gasteiger partial charge in [-0.25, -0.2) is 4.39 Å². The summed E-state index contributed by atoms with van der Waals surface area (Å²) in [7, 11) is 1.48. The fraction of sp³-hybridized carbons (Fsp3) is 0.333. The number of aryl methyl sites for hydroxylation is 2. The quantitative estimate of drug-likeness (QED) is 0.893. The molecule has 1 aliphatic rings. The molecule has 0 radical (unpaired) electrons. The molecule has 0 saturated heterocycles. The summed E-state index contributed by atoms with van der Waals surface area (Å²) in [5.74, 6) is -0.0746. The van der Waals surface area contributed by atoms with Crippen LogP contribution in [0.15, 0.2) is 36.4 Å². The van der Waals surface area contributed by atoms with Crippen molar-refractivity contribution in [1.82, 2.24) is 0 Å². The van der Waals surface area contributed by atoms with E-state index in [0.717, 1.165) is 5.69 Å². The highest BCUT2D eigenvalue weighted by Crippen LogP contribution is 2.28. The maximum absolute atomic E-state index is 13.4. The number of hydrogen-bond donors (Lipinski definition) is 1. The number of hydrogen-bond acceptors (Lipinski definition) is 2. The average molecular weight is 285 g/mol. The van der Waals surface area contributed by atoms with Gasteiger partial charge in [-0.05, 0) is 55.0 Å². The highest BCUT2D eigenvalue weighted by Gasteiger charge is 2.14. The molecule has 0 bridgehead atoms. The number of fused-ring (bicyclic) bond motifs is 1. The Hall–Kier alpha value is -2.03. The van der Waals surface area contributed by atoms with Crippen molar-refractivity contribution in [3.8, 4) is 5.75 Å². The van der Waals surface area contributed by atoms with Gasteiger partial charge in [0.15, 0.2) is 11.6 Å². The molecule has 3 rings (SSSR count). The number of anilines is 1. The molecular weight excluding hydrogens is 265 g/mol. The van der Waals surface area contributed by atoms with Crippen LogP contribution in [0.5, 0.6) is 5.75 Å². The van der Waals surface area contributed by atoms with Gasteiger partial charge >= 0.3 is 0 Å². The summed E-state index contributed by atoms with van der Waals surface area (Å²) in [4.78, 5) is 0. The largest absolute Gasteiger partial charge is 0.494 e. The van der Waals surface area contributed by atoms with E-state index in [1.54, 1.807) is 12.1 Å². The van der Waals surface area contributed by atoms with E-state index < -0.39 is 0 Å². The number of ether oxygens (including phenoxy) is 1. The summed E-state index contributed by atoms with van der Waals surface area (Å²) >= 11 is 0. The van der Waals surface area contributed by atoms with Gasteiger partial charge in [0.2, 0.25) is 0 Å². The van der Waals surface area contributed by atoms with Gasteiger partial charge in [-0.3, -0.25) is 0 Å². The van der Waals surface area contributed by atoms with Crippen LogP contribution in [-0.4, -0.2) is 7.11 Å². The third kappa shape index (κ3) is 2.87. The number of nitrogens with one attached hydrogen (secondary N) is 1. The second-order valence-corrected chi connectivity index (χ2v) is 5.60. The standard InChI is InChI=1S/C18H20FNO/c1-12(14-7-6-13-4-3-5-15(13)10-14)20-16-8-9-17(19)18(11-16)21-2/h6-12,20H,3-5H2,1-2H3. The summed E-state index contributed by atoms with van der Waals surface area (Å²) in [5.41, 5.74) is 5.08. The Bertz CT molecular complexity index is 654. The molecule has 0 heterocycles. The smallest absolute Gasteiger partial charge is 0.165 e. The zero-order valence-electron chi connectivity index (χ0n) is 12.4. The van der Waals surface area contributed by atoms with Crippen molar-refractivity contribution in [2.75, 3.05) is 12.4 Å². The molecule has 0 amide bonds. The Morgan fingerprint density at radius 3 is 2.71 bits per heavy atom. The monoisotopic (exact) mass is 285 g/mol. The van der Waals surface area contributed by atoms with E-state index >= 15 is 0 Å². The lowest BCUT2D eigenvalue weighted by atomic mass is 10.0. The van der Waals surface area contributed by atoms with E-state index in [-0.39, 0.29) is 17.6 Å². The Kier molecular flexibility index (Phi) is 3.82. The van der Waals surface area contributed by atoms with Crippen LogP contribution in [-0.2, 0) is 12.8 Å². The summed E-state index contributed by atoms with van der Waals surface area (Å²) < 4.78 is 18.4. The molecule has 2 aromatic carbocycles. The first-order valence-corrected chi connectivity index (χ1v) is 7.39. The lowest BCUT2D eigenvalue weighted by molar-refractivity contribution is 0.387. The second-order valence-electron chi connectivity index (χ2n) is 5.60. The van der Waals surface area contributed by atoms with Crippen molar-refractivity contribution in [2.45, 2.75) is 32.2 Å². The molecule has 1 N–H and O–H groups in total. The van der Waals surface area contributed by atoms with Crippen molar-refractivity contribution in [3.63, 3.8) is 0 Å². The maximum atomic E-state index is 13.4. The van der Waals surface area contributed by atoms with Gasteiger partial charge in [0.1, 0.15) is 0 Å². The van der Waals surface area contributed by atoms with Crippen molar-refractivity contribution in [3.05, 3.63) is 58.9 Å². The number of halogens is 1. The number of rotatable bonds is 4. The summed E-state index contributed by atoms with van der Waals surface area (Å²) in [6.07, 6.45) is 3.64. The topological polar surface area (TPSA) is 21.3 Å². The first-order valence-electron chi connectivity index (χ1n) is 7.39. The van der Waals surface area contributed by atoms with E-state index in [1.165, 1.54) is 49.1 Å². The lowest BCUT2D eigenvalue weighted by Crippen LogP contribution is -2.07. The van der Waals surface area contributed by atoms with Crippen LogP contribution in [0.4, 0.5) is 10.1 Å². The third-order valence-corrected chi connectivity index (χ3v) is 4.16. The van der Waals surface area contributed by atoms with E-state index in [1.807, 2.05) is 0 Å². The number of benzene rings is 2. The fourth-order valence-corrected chi connectivity index (χ4v) is 2.94. The molecule has 3 heteroatoms. The fourth-order valence-electron chi connectivity index (χ4n) is 2.94. The minimum absolute atomic E-state index is 0.172. The van der Waals surface area contributed by atoms with Crippen LogP contribution < -0.4 is 10.1 Å². The summed E-state index contributed by atoms with van der Waals surface area (Å²) in [5, 5.41) is 3.40. The Labute approximate surface area is 125 Å². The predicted octanol–water partition coefficient (Wildman–Crippen LogP) is 4.50. The van der Waals surface area contributed by atoms with Crippen molar-refractivity contribution >= 4 is 5.69 Å². The van der Waals surface area contributed by atoms with Gasteiger partial charge < -0.3 is 10.1 Å². The molecule has 110 valence electrons. The molecule has 21 heavy (non-hydrogen) atoms. The van der Waals surface area contributed by atoms with Crippen molar-refractivity contribution in [2.24, 2.45) is 0 Å². The molecule has 0 saturated carbocycles. The molecule has 1 aliphatic carbocycles. The zero-order valence-corrected chi connectivity index (χ0v) is 12.4. The normalized spacial score (nSPS) is 14.6. The molecule has 0 fully saturated rings. The zero-order chi connectivity index (χ0) is 14.8. The van der Waals surface area contributed by atoms with Crippen LogP contribution in [0.2, 0.25) is 0 Å². The van der Waals surface area contributed by atoms with E-state index in [9.17, 15) is 4.39 Å². The second kappa shape index (κ2) is 5.76. The van der Waals surface area contributed by atoms with Gasteiger partial charge in [0.05, 0.1) is 7.11 Å². The van der Waals surface area contributed by atoms with Gasteiger partial charge in [-0.15, -0.1) is 0 Å². The van der Waals surface area contributed by atoms with Crippen LogP contribution in [0, 0.1) is 5.82 Å². The first-order chi connectivity index (χ1) is 10.2. The van der Waals surface area contributed by atoms with E-state index in [2.05, 4.69) is 30.4 Å². The maximum Gasteiger partial charge on any atom is 0.165 e. The molecular formula is C18H20FNO. The summed E-state index contributed by atoms with van der Waals surface area (Å²) in [6, 6.07) is 11.7. The molecule has 1 unspecified atom stereocenters. The third-order valence-electron chi connectivity index (χ3n) is 4.16. The highest BCUT2D eigenvalue weighted by molar-refractivity contribution is 5.51. The molecule has 0 spiro atoms.